The summed E-state index contributed by atoms with van der Waals surface area (Å²) in [4.78, 5) is 0. The Labute approximate surface area is 107 Å². The van der Waals surface area contributed by atoms with Crippen LogP contribution in [0.15, 0.2) is 0 Å². The van der Waals surface area contributed by atoms with Crippen molar-refractivity contribution in [2.45, 2.75) is 78.3 Å². The van der Waals surface area contributed by atoms with Gasteiger partial charge < -0.3 is 0 Å². The summed E-state index contributed by atoms with van der Waals surface area (Å²) in [6.07, 6.45) is 5.63. The average Bonchev–Trinajstić information content (AvgIpc) is 2.29. The Hall–Kier alpha value is -0.550. The van der Waals surface area contributed by atoms with Crippen LogP contribution < -0.4 is 5.32 Å². The number of nitriles is 1. The highest BCUT2D eigenvalue weighted by atomic mass is 15.0. The molecule has 0 amide bonds. The molecule has 0 heterocycles. The van der Waals surface area contributed by atoms with Gasteiger partial charge in [0.05, 0.1) is 6.07 Å². The van der Waals surface area contributed by atoms with E-state index >= 15 is 0 Å². The smallest absolute Gasteiger partial charge is 0.106 e. The van der Waals surface area contributed by atoms with Crippen LogP contribution in [0, 0.1) is 22.7 Å². The highest BCUT2D eigenvalue weighted by Gasteiger charge is 2.39. The topological polar surface area (TPSA) is 35.8 Å². The molecule has 2 heteroatoms. The zero-order valence-corrected chi connectivity index (χ0v) is 12.1. The molecule has 0 spiro atoms. The highest BCUT2D eigenvalue weighted by molar-refractivity contribution is 5.10. The van der Waals surface area contributed by atoms with E-state index in [0.29, 0.717) is 11.5 Å². The van der Waals surface area contributed by atoms with Crippen molar-refractivity contribution in [1.29, 1.82) is 5.26 Å². The van der Waals surface area contributed by atoms with Crippen molar-refractivity contribution in [1.82, 2.24) is 5.32 Å². The Balaban J connectivity index is 2.63. The lowest BCUT2D eigenvalue weighted by Gasteiger charge is -2.43. The Bertz CT molecular complexity index is 278. The summed E-state index contributed by atoms with van der Waals surface area (Å²) in [5, 5.41) is 12.9. The van der Waals surface area contributed by atoms with Gasteiger partial charge in [0.25, 0.3) is 0 Å². The summed E-state index contributed by atoms with van der Waals surface area (Å²) >= 11 is 0. The van der Waals surface area contributed by atoms with Gasteiger partial charge >= 0.3 is 0 Å². The number of nitrogens with one attached hydrogen (secondary N) is 1. The molecule has 1 rings (SSSR count). The van der Waals surface area contributed by atoms with E-state index in [-0.39, 0.29) is 5.54 Å². The van der Waals surface area contributed by atoms with E-state index < -0.39 is 0 Å². The molecule has 0 unspecified atom stereocenters. The van der Waals surface area contributed by atoms with E-state index in [2.05, 4.69) is 46.0 Å². The Morgan fingerprint density at radius 3 is 2.24 bits per heavy atom. The molecule has 0 aromatic heterocycles. The first-order valence-electron chi connectivity index (χ1n) is 7.04. The Kier molecular flexibility index (Phi) is 4.61. The summed E-state index contributed by atoms with van der Waals surface area (Å²) in [6, 6.07) is 2.92. The maximum Gasteiger partial charge on any atom is 0.106 e. The van der Waals surface area contributed by atoms with E-state index in [0.717, 1.165) is 18.8 Å². The minimum Gasteiger partial charge on any atom is -0.297 e. The van der Waals surface area contributed by atoms with Crippen LogP contribution in [-0.4, -0.2) is 11.6 Å². The van der Waals surface area contributed by atoms with Gasteiger partial charge in [0.1, 0.15) is 5.54 Å². The Morgan fingerprint density at radius 1 is 1.35 bits per heavy atom. The van der Waals surface area contributed by atoms with E-state index in [4.69, 9.17) is 0 Å². The monoisotopic (exact) mass is 236 g/mol. The van der Waals surface area contributed by atoms with Gasteiger partial charge in [-0.3, -0.25) is 5.32 Å². The maximum absolute atomic E-state index is 9.42. The van der Waals surface area contributed by atoms with Crippen LogP contribution in [0.4, 0.5) is 0 Å². The number of nitrogens with zero attached hydrogens (tertiary/aromatic N) is 1. The predicted octanol–water partition coefficient (Wildman–Crippen LogP) is 3.87. The van der Waals surface area contributed by atoms with Crippen molar-refractivity contribution in [3.05, 3.63) is 0 Å². The number of rotatable bonds is 4. The van der Waals surface area contributed by atoms with Crippen molar-refractivity contribution < 1.29 is 0 Å². The van der Waals surface area contributed by atoms with Gasteiger partial charge in [-0.25, -0.2) is 0 Å². The van der Waals surface area contributed by atoms with Gasteiger partial charge in [-0.1, -0.05) is 27.2 Å². The second-order valence-electron chi connectivity index (χ2n) is 6.61. The van der Waals surface area contributed by atoms with E-state index in [1.54, 1.807) is 0 Å². The molecule has 0 aliphatic heterocycles. The first-order valence-corrected chi connectivity index (χ1v) is 7.04. The van der Waals surface area contributed by atoms with Crippen LogP contribution in [0.25, 0.3) is 0 Å². The molecule has 0 radical (unpaired) electrons. The van der Waals surface area contributed by atoms with Crippen molar-refractivity contribution in [3.8, 4) is 6.07 Å². The third kappa shape index (κ3) is 3.45. The molecule has 0 atom stereocenters. The second-order valence-corrected chi connectivity index (χ2v) is 6.61. The Morgan fingerprint density at radius 2 is 1.88 bits per heavy atom. The van der Waals surface area contributed by atoms with Crippen LogP contribution in [0.2, 0.25) is 0 Å². The second kappa shape index (κ2) is 5.40. The maximum atomic E-state index is 9.42. The lowest BCUT2D eigenvalue weighted by Crippen LogP contribution is -2.50. The molecule has 2 nitrogen and oxygen atoms in total. The average molecular weight is 236 g/mol. The summed E-state index contributed by atoms with van der Waals surface area (Å²) in [5.41, 5.74) is 0.175. The molecule has 17 heavy (non-hydrogen) atoms. The molecule has 1 saturated carbocycles. The van der Waals surface area contributed by atoms with Gasteiger partial charge in [0, 0.05) is 6.04 Å². The fraction of sp³-hybridized carbons (Fsp3) is 0.933. The molecule has 1 fully saturated rings. The first-order chi connectivity index (χ1) is 7.85. The molecule has 98 valence electrons. The molecule has 1 N–H and O–H groups in total. The summed E-state index contributed by atoms with van der Waals surface area (Å²) in [7, 11) is 0. The van der Waals surface area contributed by atoms with Crippen LogP contribution in [0.1, 0.15) is 66.7 Å². The van der Waals surface area contributed by atoms with Crippen LogP contribution in [-0.2, 0) is 0 Å². The lowest BCUT2D eigenvalue weighted by molar-refractivity contribution is 0.116. The van der Waals surface area contributed by atoms with Crippen LogP contribution in [0.5, 0.6) is 0 Å². The molecule has 0 aromatic carbocycles. The minimum atomic E-state index is -0.255. The number of hydrogen-bond donors (Lipinski definition) is 1. The normalized spacial score (nSPS) is 30.3. The SMILES string of the molecule is CCC(C)(C)C1CCC(C#N)(NC(C)C)CC1. The summed E-state index contributed by atoms with van der Waals surface area (Å²) in [6.45, 7) is 11.3. The molecule has 1 aliphatic rings. The summed E-state index contributed by atoms with van der Waals surface area (Å²) in [5.74, 6) is 0.780. The highest BCUT2D eigenvalue weighted by Crippen LogP contribution is 2.43. The first kappa shape index (κ1) is 14.5. The molecule has 0 bridgehead atoms. The van der Waals surface area contributed by atoms with Crippen LogP contribution >= 0.6 is 0 Å². The van der Waals surface area contributed by atoms with Gasteiger partial charge in [-0.2, -0.15) is 5.26 Å². The molecule has 1 aliphatic carbocycles. The van der Waals surface area contributed by atoms with Gasteiger partial charge in [-0.15, -0.1) is 0 Å². The van der Waals surface area contributed by atoms with Crippen molar-refractivity contribution in [2.75, 3.05) is 0 Å². The molecule has 0 saturated heterocycles. The predicted molar refractivity (Wildman–Crippen MR) is 72.6 cm³/mol. The standard InChI is InChI=1S/C15H28N2/c1-6-14(4,5)13-7-9-15(11-16,10-8-13)17-12(2)3/h12-13,17H,6-10H2,1-5H3. The van der Waals surface area contributed by atoms with Crippen LogP contribution in [0.3, 0.4) is 0 Å². The van der Waals surface area contributed by atoms with E-state index in [1.807, 2.05) is 0 Å². The van der Waals surface area contributed by atoms with E-state index in [1.165, 1.54) is 19.3 Å². The third-order valence-corrected chi connectivity index (χ3v) is 4.63. The zero-order chi connectivity index (χ0) is 13.1. The molecular weight excluding hydrogens is 208 g/mol. The quantitative estimate of drug-likeness (QED) is 0.804. The number of hydrogen-bond acceptors (Lipinski definition) is 2. The zero-order valence-electron chi connectivity index (χ0n) is 12.1. The molecular formula is C15H28N2. The van der Waals surface area contributed by atoms with Crippen molar-refractivity contribution in [3.63, 3.8) is 0 Å². The van der Waals surface area contributed by atoms with Gasteiger partial charge in [0.15, 0.2) is 0 Å². The third-order valence-electron chi connectivity index (χ3n) is 4.63. The summed E-state index contributed by atoms with van der Waals surface area (Å²) < 4.78 is 0. The van der Waals surface area contributed by atoms with E-state index in [9.17, 15) is 5.26 Å². The fourth-order valence-electron chi connectivity index (χ4n) is 3.02. The fourth-order valence-corrected chi connectivity index (χ4v) is 3.02. The molecule has 0 aromatic rings. The largest absolute Gasteiger partial charge is 0.297 e. The van der Waals surface area contributed by atoms with Gasteiger partial charge in [0.2, 0.25) is 0 Å². The lowest BCUT2D eigenvalue weighted by atomic mass is 9.66. The minimum absolute atomic E-state index is 0.255. The van der Waals surface area contributed by atoms with Crippen molar-refractivity contribution in [2.24, 2.45) is 11.3 Å². The van der Waals surface area contributed by atoms with Crippen molar-refractivity contribution >= 4 is 0 Å². The van der Waals surface area contributed by atoms with Gasteiger partial charge in [-0.05, 0) is 50.9 Å².